The Balaban J connectivity index is 1.63. The van der Waals surface area contributed by atoms with Gasteiger partial charge in [-0.3, -0.25) is 9.59 Å². The van der Waals surface area contributed by atoms with Crippen LogP contribution >= 0.6 is 23.4 Å². The number of carbonyl (C=O) groups excluding carboxylic acids is 2. The van der Waals surface area contributed by atoms with Crippen molar-refractivity contribution in [2.45, 2.75) is 24.0 Å². The van der Waals surface area contributed by atoms with Gasteiger partial charge in [-0.25, -0.2) is 0 Å². The van der Waals surface area contributed by atoms with Crippen LogP contribution in [-0.4, -0.2) is 17.1 Å². The van der Waals surface area contributed by atoms with E-state index in [9.17, 15) is 9.59 Å². The molecule has 2 N–H and O–H groups in total. The van der Waals surface area contributed by atoms with Crippen molar-refractivity contribution >= 4 is 46.6 Å². The highest BCUT2D eigenvalue weighted by Gasteiger charge is 2.16. The normalized spacial score (nSPS) is 11.7. The minimum atomic E-state index is -0.339. The zero-order chi connectivity index (χ0) is 20.1. The van der Waals surface area contributed by atoms with Gasteiger partial charge in [-0.2, -0.15) is 0 Å². The third-order valence-corrected chi connectivity index (χ3v) is 5.31. The number of carbonyl (C=O) groups is 2. The summed E-state index contributed by atoms with van der Waals surface area (Å²) in [5.74, 6) is -0.211. The Bertz CT molecular complexity index is 989. The predicted molar refractivity (Wildman–Crippen MR) is 113 cm³/mol. The molecule has 0 radical (unpaired) electrons. The van der Waals surface area contributed by atoms with Crippen LogP contribution in [0.15, 0.2) is 70.2 Å². The van der Waals surface area contributed by atoms with E-state index in [2.05, 4.69) is 10.6 Å². The third-order valence-electron chi connectivity index (χ3n) is 3.98. The molecule has 2 amide bonds. The average Bonchev–Trinajstić information content (AvgIpc) is 3.20. The Labute approximate surface area is 172 Å². The van der Waals surface area contributed by atoms with Gasteiger partial charge in [0.1, 0.15) is 0 Å². The molecule has 0 aliphatic carbocycles. The highest BCUT2D eigenvalue weighted by atomic mass is 35.5. The van der Waals surface area contributed by atoms with E-state index >= 15 is 0 Å². The molecule has 28 heavy (non-hydrogen) atoms. The van der Waals surface area contributed by atoms with E-state index in [1.54, 1.807) is 30.3 Å². The minimum Gasteiger partial charge on any atom is -0.459 e. The van der Waals surface area contributed by atoms with Gasteiger partial charge in [-0.1, -0.05) is 23.7 Å². The summed E-state index contributed by atoms with van der Waals surface area (Å²) in [6, 6.07) is 15.9. The Morgan fingerprint density at radius 3 is 2.64 bits per heavy atom. The Hall–Kier alpha value is -2.70. The van der Waals surface area contributed by atoms with E-state index in [0.717, 1.165) is 10.5 Å². The number of nitrogens with one attached hydrogen (secondary N) is 2. The van der Waals surface area contributed by atoms with Crippen LogP contribution in [0.4, 0.5) is 11.4 Å². The second-order valence-electron chi connectivity index (χ2n) is 6.17. The summed E-state index contributed by atoms with van der Waals surface area (Å²) in [4.78, 5) is 25.5. The second-order valence-corrected chi connectivity index (χ2v) is 8.02. The minimum absolute atomic E-state index is 0.125. The van der Waals surface area contributed by atoms with Crippen molar-refractivity contribution in [2.24, 2.45) is 0 Å². The number of rotatable bonds is 6. The molecule has 0 saturated carbocycles. The molecule has 0 aliphatic heterocycles. The number of anilines is 2. The average molecular weight is 415 g/mol. The maximum atomic E-state index is 12.5. The number of halogens is 1. The lowest BCUT2D eigenvalue weighted by Gasteiger charge is -2.14. The molecule has 1 heterocycles. The first kappa shape index (κ1) is 20.0. The maximum Gasteiger partial charge on any atom is 0.291 e. The van der Waals surface area contributed by atoms with E-state index in [1.165, 1.54) is 18.0 Å². The fourth-order valence-corrected chi connectivity index (χ4v) is 3.57. The number of thioether (sulfide) groups is 1. The molecule has 1 aromatic heterocycles. The van der Waals surface area contributed by atoms with Crippen LogP contribution in [0.5, 0.6) is 0 Å². The summed E-state index contributed by atoms with van der Waals surface area (Å²) in [5.41, 5.74) is 2.27. The van der Waals surface area contributed by atoms with Gasteiger partial charge in [0.2, 0.25) is 5.91 Å². The monoisotopic (exact) mass is 414 g/mol. The molecule has 0 saturated heterocycles. The molecule has 2 aromatic carbocycles. The molecule has 0 spiro atoms. The summed E-state index contributed by atoms with van der Waals surface area (Å²) < 4.78 is 5.09. The van der Waals surface area contributed by atoms with Gasteiger partial charge in [0.15, 0.2) is 5.76 Å². The van der Waals surface area contributed by atoms with Gasteiger partial charge in [0.25, 0.3) is 5.91 Å². The van der Waals surface area contributed by atoms with Gasteiger partial charge in [0.05, 0.1) is 11.5 Å². The van der Waals surface area contributed by atoms with E-state index < -0.39 is 0 Å². The summed E-state index contributed by atoms with van der Waals surface area (Å²) in [5, 5.41) is 5.92. The molecule has 144 valence electrons. The summed E-state index contributed by atoms with van der Waals surface area (Å²) in [6.07, 6.45) is 1.45. The molecule has 3 rings (SSSR count). The quantitative estimate of drug-likeness (QED) is 0.514. The van der Waals surface area contributed by atoms with Gasteiger partial charge >= 0.3 is 0 Å². The van der Waals surface area contributed by atoms with Crippen LogP contribution in [0.2, 0.25) is 5.02 Å². The van der Waals surface area contributed by atoms with Crippen molar-refractivity contribution in [1.29, 1.82) is 0 Å². The third kappa shape index (κ3) is 5.18. The van der Waals surface area contributed by atoms with Crippen LogP contribution in [0, 0.1) is 6.92 Å². The van der Waals surface area contributed by atoms with Gasteiger partial charge in [-0.05, 0) is 61.9 Å². The number of hydrogen-bond acceptors (Lipinski definition) is 4. The molecular formula is C21H19ClN2O3S. The van der Waals surface area contributed by atoms with Crippen LogP contribution in [0.1, 0.15) is 23.0 Å². The molecule has 1 unspecified atom stereocenters. The fourth-order valence-electron chi connectivity index (χ4n) is 2.47. The first-order valence-corrected chi connectivity index (χ1v) is 9.87. The van der Waals surface area contributed by atoms with Crippen molar-refractivity contribution in [2.75, 3.05) is 10.6 Å². The molecule has 5 nitrogen and oxygen atoms in total. The number of benzene rings is 2. The van der Waals surface area contributed by atoms with Crippen LogP contribution in [0.25, 0.3) is 0 Å². The lowest BCUT2D eigenvalue weighted by molar-refractivity contribution is -0.115. The zero-order valence-corrected chi connectivity index (χ0v) is 16.9. The summed E-state index contributed by atoms with van der Waals surface area (Å²) in [7, 11) is 0. The molecule has 0 fully saturated rings. The predicted octanol–water partition coefficient (Wildman–Crippen LogP) is 5.61. The number of furan rings is 1. The second kappa shape index (κ2) is 8.99. The largest absolute Gasteiger partial charge is 0.459 e. The van der Waals surface area contributed by atoms with Crippen LogP contribution in [-0.2, 0) is 4.79 Å². The number of aryl methyl sites for hydroxylation is 1. The first-order chi connectivity index (χ1) is 13.4. The van der Waals surface area contributed by atoms with Crippen LogP contribution < -0.4 is 10.6 Å². The molecule has 7 heteroatoms. The highest BCUT2D eigenvalue weighted by molar-refractivity contribution is 8.00. The Morgan fingerprint density at radius 2 is 1.89 bits per heavy atom. The fraction of sp³-hybridized carbons (Fsp3) is 0.143. The summed E-state index contributed by atoms with van der Waals surface area (Å²) >= 11 is 7.41. The smallest absolute Gasteiger partial charge is 0.291 e. The number of hydrogen-bond donors (Lipinski definition) is 2. The van der Waals surface area contributed by atoms with Gasteiger partial charge in [-0.15, -0.1) is 11.8 Å². The zero-order valence-electron chi connectivity index (χ0n) is 15.4. The maximum absolute atomic E-state index is 12.5. The van der Waals surface area contributed by atoms with Gasteiger partial charge in [0, 0.05) is 21.3 Å². The SMILES string of the molecule is Cc1ccc(Cl)cc1NC(=O)C(C)Sc1cccc(NC(=O)c2ccco2)c1. The Morgan fingerprint density at radius 1 is 1.07 bits per heavy atom. The standard InChI is InChI=1S/C21H19ClN2O3S/c1-13-8-9-15(22)11-18(13)24-20(25)14(2)28-17-6-3-5-16(12-17)23-21(26)19-7-4-10-27-19/h3-12,14H,1-2H3,(H,23,26)(H,24,25). The molecule has 0 bridgehead atoms. The van der Waals surface area contributed by atoms with Crippen LogP contribution in [0.3, 0.4) is 0 Å². The van der Waals surface area contributed by atoms with Crippen molar-refractivity contribution in [3.63, 3.8) is 0 Å². The first-order valence-electron chi connectivity index (χ1n) is 8.61. The highest BCUT2D eigenvalue weighted by Crippen LogP contribution is 2.28. The van der Waals surface area contributed by atoms with E-state index in [1.807, 2.05) is 38.1 Å². The molecular weight excluding hydrogens is 396 g/mol. The summed E-state index contributed by atoms with van der Waals surface area (Å²) in [6.45, 7) is 3.74. The molecule has 0 aliphatic rings. The van der Waals surface area contributed by atoms with Crippen molar-refractivity contribution < 1.29 is 14.0 Å². The van der Waals surface area contributed by atoms with E-state index in [4.69, 9.17) is 16.0 Å². The topological polar surface area (TPSA) is 71.3 Å². The lowest BCUT2D eigenvalue weighted by atomic mass is 10.2. The Kier molecular flexibility index (Phi) is 6.44. The lowest BCUT2D eigenvalue weighted by Crippen LogP contribution is -2.22. The van der Waals surface area contributed by atoms with Crippen molar-refractivity contribution in [1.82, 2.24) is 0 Å². The van der Waals surface area contributed by atoms with Gasteiger partial charge < -0.3 is 15.1 Å². The van der Waals surface area contributed by atoms with Crippen molar-refractivity contribution in [3.8, 4) is 0 Å². The van der Waals surface area contributed by atoms with E-state index in [0.29, 0.717) is 16.4 Å². The molecule has 1 atom stereocenters. The van der Waals surface area contributed by atoms with E-state index in [-0.39, 0.29) is 22.8 Å². The van der Waals surface area contributed by atoms with Crippen molar-refractivity contribution in [3.05, 3.63) is 77.2 Å². The number of amides is 2. The molecule has 3 aromatic rings.